The van der Waals surface area contributed by atoms with E-state index in [1.165, 1.54) is 22.5 Å². The quantitative estimate of drug-likeness (QED) is 0.864. The van der Waals surface area contributed by atoms with Crippen LogP contribution in [0.25, 0.3) is 0 Å². The molecule has 1 aromatic carbocycles. The molecule has 0 spiro atoms. The van der Waals surface area contributed by atoms with Crippen molar-refractivity contribution in [3.8, 4) is 0 Å². The third-order valence-corrected chi connectivity index (χ3v) is 5.35. The summed E-state index contributed by atoms with van der Waals surface area (Å²) in [5.41, 5.74) is -0.0986. The molecular formula is C15H21FN2O4S. The first-order valence-corrected chi connectivity index (χ1v) is 9.06. The number of sulfonamides is 1. The molecule has 1 heterocycles. The highest BCUT2D eigenvalue weighted by molar-refractivity contribution is 7.89. The van der Waals surface area contributed by atoms with E-state index in [1.807, 2.05) is 13.8 Å². The van der Waals surface area contributed by atoms with Crippen molar-refractivity contribution < 1.29 is 22.3 Å². The van der Waals surface area contributed by atoms with Gasteiger partial charge >= 0.3 is 0 Å². The summed E-state index contributed by atoms with van der Waals surface area (Å²) >= 11 is 0. The van der Waals surface area contributed by atoms with E-state index in [0.717, 1.165) is 0 Å². The Labute approximate surface area is 135 Å². The summed E-state index contributed by atoms with van der Waals surface area (Å²) in [5, 5.41) is 2.44. The summed E-state index contributed by atoms with van der Waals surface area (Å²) in [6.45, 7) is 4.16. The molecule has 23 heavy (non-hydrogen) atoms. The molecule has 1 amide bonds. The summed E-state index contributed by atoms with van der Waals surface area (Å²) in [4.78, 5) is 11.9. The minimum atomic E-state index is -3.49. The van der Waals surface area contributed by atoms with Crippen LogP contribution in [0.3, 0.4) is 0 Å². The topological polar surface area (TPSA) is 75.7 Å². The average molecular weight is 344 g/mol. The number of hydrogen-bond acceptors (Lipinski definition) is 4. The Morgan fingerprint density at radius 2 is 1.91 bits per heavy atom. The lowest BCUT2D eigenvalue weighted by atomic mass is 10.2. The van der Waals surface area contributed by atoms with Gasteiger partial charge in [0.1, 0.15) is 5.82 Å². The van der Waals surface area contributed by atoms with Crippen molar-refractivity contribution in [2.45, 2.75) is 26.1 Å². The first-order chi connectivity index (χ1) is 10.8. The highest BCUT2D eigenvalue weighted by atomic mass is 32.2. The van der Waals surface area contributed by atoms with Gasteiger partial charge in [-0.2, -0.15) is 4.31 Å². The molecule has 0 bridgehead atoms. The first-order valence-electron chi connectivity index (χ1n) is 7.45. The molecule has 1 N–H and O–H groups in total. The normalized spacial score (nSPS) is 22.7. The van der Waals surface area contributed by atoms with E-state index < -0.39 is 21.7 Å². The molecule has 0 aromatic heterocycles. The molecule has 1 fully saturated rings. The summed E-state index contributed by atoms with van der Waals surface area (Å²) < 4.78 is 45.0. The number of benzene rings is 1. The van der Waals surface area contributed by atoms with Gasteiger partial charge in [0.15, 0.2) is 0 Å². The maximum atomic E-state index is 13.5. The van der Waals surface area contributed by atoms with Crippen LogP contribution in [-0.4, -0.2) is 56.2 Å². The van der Waals surface area contributed by atoms with Crippen LogP contribution in [0.4, 0.5) is 4.39 Å². The number of rotatable bonds is 5. The second-order valence-corrected chi connectivity index (χ2v) is 7.71. The zero-order valence-electron chi connectivity index (χ0n) is 13.2. The summed E-state index contributed by atoms with van der Waals surface area (Å²) in [6.07, 6.45) is -0.330. The molecule has 2 rings (SSSR count). The van der Waals surface area contributed by atoms with E-state index in [9.17, 15) is 17.6 Å². The standard InChI is InChI=1S/C15H21FN2O4S/c1-11-9-18(10-12(2)22-11)23(20,21)8-7-17-15(19)13-5-3-4-6-14(13)16/h3-6,11-12H,7-10H2,1-2H3,(H,17,19)/t11-,12+. The van der Waals surface area contributed by atoms with E-state index in [1.54, 1.807) is 6.07 Å². The number of nitrogens with one attached hydrogen (secondary N) is 1. The third kappa shape index (κ3) is 4.73. The molecule has 1 aromatic rings. The number of halogens is 1. The second-order valence-electron chi connectivity index (χ2n) is 5.63. The zero-order chi connectivity index (χ0) is 17.0. The Hall–Kier alpha value is -1.51. The van der Waals surface area contributed by atoms with E-state index in [-0.39, 0.29) is 30.1 Å². The highest BCUT2D eigenvalue weighted by Gasteiger charge is 2.30. The Bertz CT molecular complexity index is 655. The Kier molecular flexibility index (Phi) is 5.72. The van der Waals surface area contributed by atoms with E-state index in [2.05, 4.69) is 5.32 Å². The molecule has 1 aliphatic heterocycles. The van der Waals surface area contributed by atoms with Crippen LogP contribution in [0, 0.1) is 5.82 Å². The summed E-state index contributed by atoms with van der Waals surface area (Å²) in [5.74, 6) is -1.49. The van der Waals surface area contributed by atoms with Gasteiger partial charge in [0, 0.05) is 19.6 Å². The summed E-state index contributed by atoms with van der Waals surface area (Å²) in [6, 6.07) is 5.56. The predicted octanol–water partition coefficient (Wildman–Crippen LogP) is 0.994. The number of ether oxygens (including phenoxy) is 1. The number of morpholine rings is 1. The van der Waals surface area contributed by atoms with Crippen molar-refractivity contribution in [1.82, 2.24) is 9.62 Å². The number of carbonyl (C=O) groups is 1. The molecule has 0 radical (unpaired) electrons. The fourth-order valence-electron chi connectivity index (χ4n) is 2.52. The van der Waals surface area contributed by atoms with Crippen LogP contribution in [-0.2, 0) is 14.8 Å². The van der Waals surface area contributed by atoms with Crippen molar-refractivity contribution in [3.63, 3.8) is 0 Å². The van der Waals surface area contributed by atoms with E-state index >= 15 is 0 Å². The van der Waals surface area contributed by atoms with Crippen molar-refractivity contribution >= 4 is 15.9 Å². The van der Waals surface area contributed by atoms with Crippen LogP contribution < -0.4 is 5.32 Å². The second kappa shape index (κ2) is 7.37. The van der Waals surface area contributed by atoms with Crippen molar-refractivity contribution in [3.05, 3.63) is 35.6 Å². The largest absolute Gasteiger partial charge is 0.373 e. The zero-order valence-corrected chi connectivity index (χ0v) is 14.0. The molecule has 0 saturated carbocycles. The minimum Gasteiger partial charge on any atom is -0.373 e. The third-order valence-electron chi connectivity index (χ3n) is 3.54. The fraction of sp³-hybridized carbons (Fsp3) is 0.533. The van der Waals surface area contributed by atoms with Crippen LogP contribution >= 0.6 is 0 Å². The number of nitrogens with zero attached hydrogens (tertiary/aromatic N) is 1. The van der Waals surface area contributed by atoms with Gasteiger partial charge in [-0.05, 0) is 26.0 Å². The maximum absolute atomic E-state index is 13.5. The van der Waals surface area contributed by atoms with Gasteiger partial charge < -0.3 is 10.1 Å². The first kappa shape index (κ1) is 17.8. The van der Waals surface area contributed by atoms with Gasteiger partial charge in [-0.15, -0.1) is 0 Å². The SMILES string of the molecule is C[C@@H]1CN(S(=O)(=O)CCNC(=O)c2ccccc2F)C[C@H](C)O1. The minimum absolute atomic E-state index is 0.0738. The van der Waals surface area contributed by atoms with Crippen LogP contribution in [0.1, 0.15) is 24.2 Å². The lowest BCUT2D eigenvalue weighted by Crippen LogP contribution is -2.49. The van der Waals surface area contributed by atoms with Gasteiger partial charge in [-0.1, -0.05) is 12.1 Å². The van der Waals surface area contributed by atoms with E-state index in [0.29, 0.717) is 13.1 Å². The maximum Gasteiger partial charge on any atom is 0.254 e. The lowest BCUT2D eigenvalue weighted by molar-refractivity contribution is -0.0440. The molecule has 1 saturated heterocycles. The van der Waals surface area contributed by atoms with Crippen LogP contribution in [0.2, 0.25) is 0 Å². The molecule has 0 unspecified atom stereocenters. The molecule has 6 nitrogen and oxygen atoms in total. The Morgan fingerprint density at radius 3 is 2.52 bits per heavy atom. The molecular weight excluding hydrogens is 323 g/mol. The fourth-order valence-corrected chi connectivity index (χ4v) is 4.01. The van der Waals surface area contributed by atoms with Gasteiger partial charge in [-0.25, -0.2) is 12.8 Å². The molecule has 2 atom stereocenters. The highest BCUT2D eigenvalue weighted by Crippen LogP contribution is 2.14. The van der Waals surface area contributed by atoms with Crippen molar-refractivity contribution in [2.24, 2.45) is 0 Å². The number of amides is 1. The van der Waals surface area contributed by atoms with Gasteiger partial charge in [-0.3, -0.25) is 4.79 Å². The predicted molar refractivity (Wildman–Crippen MR) is 84.1 cm³/mol. The van der Waals surface area contributed by atoms with Crippen molar-refractivity contribution in [2.75, 3.05) is 25.4 Å². The van der Waals surface area contributed by atoms with Gasteiger partial charge in [0.25, 0.3) is 5.91 Å². The van der Waals surface area contributed by atoms with Gasteiger partial charge in [0.2, 0.25) is 10.0 Å². The van der Waals surface area contributed by atoms with E-state index in [4.69, 9.17) is 4.74 Å². The molecule has 1 aliphatic rings. The molecule has 8 heteroatoms. The molecule has 128 valence electrons. The summed E-state index contributed by atoms with van der Waals surface area (Å²) in [7, 11) is -3.49. The average Bonchev–Trinajstić information content (AvgIpc) is 2.46. The lowest BCUT2D eigenvalue weighted by Gasteiger charge is -2.34. The van der Waals surface area contributed by atoms with Gasteiger partial charge in [0.05, 0.1) is 23.5 Å². The number of carbonyl (C=O) groups excluding carboxylic acids is 1. The molecule has 0 aliphatic carbocycles. The monoisotopic (exact) mass is 344 g/mol. The van der Waals surface area contributed by atoms with Crippen molar-refractivity contribution in [1.29, 1.82) is 0 Å². The number of hydrogen-bond donors (Lipinski definition) is 1. The smallest absolute Gasteiger partial charge is 0.254 e. The van der Waals surface area contributed by atoms with Crippen LogP contribution in [0.15, 0.2) is 24.3 Å². The Morgan fingerprint density at radius 1 is 1.30 bits per heavy atom. The Balaban J connectivity index is 1.90. The van der Waals surface area contributed by atoms with Crippen LogP contribution in [0.5, 0.6) is 0 Å².